The highest BCUT2D eigenvalue weighted by Crippen LogP contribution is 2.61. The van der Waals surface area contributed by atoms with Gasteiger partial charge in [-0.1, -0.05) is 12.1 Å². The molecule has 0 spiro atoms. The van der Waals surface area contributed by atoms with Crippen LogP contribution in [0.15, 0.2) is 35.7 Å². The Labute approximate surface area is 217 Å². The van der Waals surface area contributed by atoms with Gasteiger partial charge in [0.1, 0.15) is 12.3 Å². The molecule has 2 aromatic rings. The summed E-state index contributed by atoms with van der Waals surface area (Å²) in [6.45, 7) is 0.935. The average Bonchev–Trinajstić information content (AvgIpc) is 3.61. The zero-order valence-electron chi connectivity index (χ0n) is 21.2. The number of carbonyl (C=O) groups is 2. The molecule has 0 saturated heterocycles. The Bertz CT molecular complexity index is 1130. The lowest BCUT2D eigenvalue weighted by atomic mass is 9.49. The van der Waals surface area contributed by atoms with Crippen LogP contribution < -0.4 is 4.74 Å². The van der Waals surface area contributed by atoms with Crippen LogP contribution in [-0.2, 0) is 16.0 Å². The SMILES string of the molecule is COc1ccc(C2c3ccsc3CCN2C(=O)CN(C(=O)C23CC4CC(CC(C4)C2)C3)C2CC2)cc1. The number of ether oxygens (including phenoxy) is 1. The number of thiophene rings is 1. The largest absolute Gasteiger partial charge is 0.497 e. The number of amides is 2. The van der Waals surface area contributed by atoms with Gasteiger partial charge in [-0.15, -0.1) is 11.3 Å². The van der Waals surface area contributed by atoms with E-state index in [4.69, 9.17) is 4.74 Å². The minimum atomic E-state index is -0.185. The zero-order valence-corrected chi connectivity index (χ0v) is 22.0. The molecule has 6 aliphatic rings. The first kappa shape index (κ1) is 22.8. The van der Waals surface area contributed by atoms with Crippen molar-refractivity contribution in [2.45, 2.75) is 69.9 Å². The van der Waals surface area contributed by atoms with Crippen molar-refractivity contribution in [3.05, 3.63) is 51.7 Å². The van der Waals surface area contributed by atoms with Gasteiger partial charge in [-0.25, -0.2) is 0 Å². The number of methoxy groups -OCH3 is 1. The van der Waals surface area contributed by atoms with E-state index in [-0.39, 0.29) is 30.0 Å². The van der Waals surface area contributed by atoms with Crippen molar-refractivity contribution in [3.63, 3.8) is 0 Å². The maximum atomic E-state index is 14.2. The molecule has 0 radical (unpaired) electrons. The van der Waals surface area contributed by atoms with Crippen molar-refractivity contribution in [1.29, 1.82) is 0 Å². The second-order valence-corrected chi connectivity index (χ2v) is 13.2. The number of benzene rings is 1. The Kier molecular flexibility index (Phi) is 5.46. The third-order valence-electron chi connectivity index (χ3n) is 9.76. The molecule has 1 unspecified atom stereocenters. The van der Waals surface area contributed by atoms with Crippen molar-refractivity contribution in [2.24, 2.45) is 23.2 Å². The molecule has 1 aromatic carbocycles. The predicted molar refractivity (Wildman–Crippen MR) is 140 cm³/mol. The van der Waals surface area contributed by atoms with Crippen LogP contribution in [0, 0.1) is 23.2 Å². The van der Waals surface area contributed by atoms with Gasteiger partial charge in [-0.3, -0.25) is 9.59 Å². The molecule has 36 heavy (non-hydrogen) atoms. The van der Waals surface area contributed by atoms with Crippen molar-refractivity contribution >= 4 is 23.2 Å². The summed E-state index contributed by atoms with van der Waals surface area (Å²) in [5.74, 6) is 3.42. The molecule has 1 atom stereocenters. The Hall–Kier alpha value is -2.34. The maximum Gasteiger partial charge on any atom is 0.243 e. The Morgan fingerprint density at radius 3 is 2.31 bits per heavy atom. The van der Waals surface area contributed by atoms with E-state index in [1.54, 1.807) is 18.4 Å². The first-order valence-corrected chi connectivity index (χ1v) is 14.7. The highest BCUT2D eigenvalue weighted by atomic mass is 32.1. The summed E-state index contributed by atoms with van der Waals surface area (Å²) in [4.78, 5) is 33.7. The van der Waals surface area contributed by atoms with Crippen LogP contribution in [0.25, 0.3) is 0 Å². The van der Waals surface area contributed by atoms with E-state index in [2.05, 4.69) is 23.6 Å². The molecule has 5 aliphatic carbocycles. The van der Waals surface area contributed by atoms with E-state index in [1.165, 1.54) is 29.7 Å². The number of carbonyl (C=O) groups excluding carboxylic acids is 2. The molecule has 8 rings (SSSR count). The van der Waals surface area contributed by atoms with Crippen LogP contribution in [0.5, 0.6) is 5.75 Å². The van der Waals surface area contributed by atoms with Gasteiger partial charge in [-0.05, 0) is 110 Å². The quantitative estimate of drug-likeness (QED) is 0.527. The van der Waals surface area contributed by atoms with Crippen LogP contribution in [-0.4, -0.2) is 47.9 Å². The van der Waals surface area contributed by atoms with Crippen molar-refractivity contribution in [3.8, 4) is 5.75 Å². The molecule has 4 bridgehead atoms. The fourth-order valence-electron chi connectivity index (χ4n) is 8.40. The summed E-state index contributed by atoms with van der Waals surface area (Å²) in [5.41, 5.74) is 2.15. The first-order chi connectivity index (χ1) is 17.5. The predicted octanol–water partition coefficient (Wildman–Crippen LogP) is 5.44. The summed E-state index contributed by atoms with van der Waals surface area (Å²) in [5, 5.41) is 2.14. The number of rotatable bonds is 6. The standard InChI is InChI=1S/C30H36N2O3S/c1-35-24-6-2-22(3-7-24)28-25-9-11-36-26(25)8-10-31(28)27(33)18-32(23-4-5-23)29(34)30-15-19-12-20(16-30)14-21(13-19)17-30/h2-3,6-7,9,11,19-21,23,28H,4-5,8,10,12-18H2,1H3. The molecule has 6 heteroatoms. The lowest BCUT2D eigenvalue weighted by Gasteiger charge is -2.56. The van der Waals surface area contributed by atoms with Gasteiger partial charge in [-0.2, -0.15) is 0 Å². The topological polar surface area (TPSA) is 49.9 Å². The Morgan fingerprint density at radius 1 is 1.03 bits per heavy atom. The van der Waals surface area contributed by atoms with E-state index in [0.717, 1.165) is 67.6 Å². The molecule has 0 N–H and O–H groups in total. The molecule has 2 amide bonds. The third-order valence-corrected chi connectivity index (χ3v) is 10.8. The molecular formula is C30H36N2O3S. The van der Waals surface area contributed by atoms with Gasteiger partial charge in [0.15, 0.2) is 0 Å². The fourth-order valence-corrected chi connectivity index (χ4v) is 9.30. The first-order valence-electron chi connectivity index (χ1n) is 13.8. The zero-order chi connectivity index (χ0) is 24.4. The van der Waals surface area contributed by atoms with Gasteiger partial charge >= 0.3 is 0 Å². The number of hydrogen-bond donors (Lipinski definition) is 0. The number of fused-ring (bicyclic) bond motifs is 1. The monoisotopic (exact) mass is 504 g/mol. The summed E-state index contributed by atoms with van der Waals surface area (Å²) in [6, 6.07) is 10.4. The van der Waals surface area contributed by atoms with Crippen LogP contribution >= 0.6 is 11.3 Å². The molecule has 5 fully saturated rings. The van der Waals surface area contributed by atoms with Crippen LogP contribution in [0.3, 0.4) is 0 Å². The molecule has 1 aromatic heterocycles. The van der Waals surface area contributed by atoms with Gasteiger partial charge in [0.2, 0.25) is 11.8 Å². The fraction of sp³-hybridized carbons (Fsp3) is 0.600. The lowest BCUT2D eigenvalue weighted by Crippen LogP contribution is -2.57. The van der Waals surface area contributed by atoms with Crippen molar-refractivity contribution < 1.29 is 14.3 Å². The van der Waals surface area contributed by atoms with E-state index in [0.29, 0.717) is 12.5 Å². The second-order valence-electron chi connectivity index (χ2n) is 12.2. The number of hydrogen-bond acceptors (Lipinski definition) is 4. The van der Waals surface area contributed by atoms with E-state index in [9.17, 15) is 9.59 Å². The molecule has 5 nitrogen and oxygen atoms in total. The highest BCUT2D eigenvalue weighted by Gasteiger charge is 2.57. The Balaban J connectivity index is 1.16. The minimum absolute atomic E-state index is 0.0950. The maximum absolute atomic E-state index is 14.2. The highest BCUT2D eigenvalue weighted by molar-refractivity contribution is 7.10. The Morgan fingerprint density at radius 2 is 1.69 bits per heavy atom. The van der Waals surface area contributed by atoms with Crippen LogP contribution in [0.4, 0.5) is 0 Å². The van der Waals surface area contributed by atoms with E-state index >= 15 is 0 Å². The summed E-state index contributed by atoms with van der Waals surface area (Å²) in [7, 11) is 1.68. The molecule has 2 heterocycles. The van der Waals surface area contributed by atoms with E-state index in [1.807, 2.05) is 21.9 Å². The molecule has 5 saturated carbocycles. The number of nitrogens with zero attached hydrogens (tertiary/aromatic N) is 2. The molecule has 1 aliphatic heterocycles. The molecule has 190 valence electrons. The van der Waals surface area contributed by atoms with E-state index < -0.39 is 0 Å². The van der Waals surface area contributed by atoms with Gasteiger partial charge in [0.05, 0.1) is 18.6 Å². The summed E-state index contributed by atoms with van der Waals surface area (Å²) < 4.78 is 5.38. The molecular weight excluding hydrogens is 468 g/mol. The van der Waals surface area contributed by atoms with Gasteiger partial charge in [0.25, 0.3) is 0 Å². The van der Waals surface area contributed by atoms with Crippen molar-refractivity contribution in [2.75, 3.05) is 20.2 Å². The van der Waals surface area contributed by atoms with Crippen LogP contribution in [0.1, 0.15) is 73.4 Å². The second kappa shape index (κ2) is 8.61. The van der Waals surface area contributed by atoms with Crippen molar-refractivity contribution in [1.82, 2.24) is 9.80 Å². The van der Waals surface area contributed by atoms with Crippen LogP contribution in [0.2, 0.25) is 0 Å². The minimum Gasteiger partial charge on any atom is -0.497 e. The summed E-state index contributed by atoms with van der Waals surface area (Å²) >= 11 is 1.78. The van der Waals surface area contributed by atoms with Gasteiger partial charge in [0, 0.05) is 17.5 Å². The normalized spacial score (nSPS) is 32.3. The summed E-state index contributed by atoms with van der Waals surface area (Å²) in [6.07, 6.45) is 10.1. The third kappa shape index (κ3) is 3.79. The average molecular weight is 505 g/mol. The van der Waals surface area contributed by atoms with Gasteiger partial charge < -0.3 is 14.5 Å². The smallest absolute Gasteiger partial charge is 0.243 e. The lowest BCUT2D eigenvalue weighted by molar-refractivity contribution is -0.161.